The minimum absolute atomic E-state index is 0.0744. The zero-order valence-electron chi connectivity index (χ0n) is 13.4. The maximum atomic E-state index is 12.3. The van der Waals surface area contributed by atoms with Gasteiger partial charge in [0, 0.05) is 36.6 Å². The Balaban J connectivity index is 1.60. The summed E-state index contributed by atoms with van der Waals surface area (Å²) in [7, 11) is 0. The number of hydrogen-bond donors (Lipinski definition) is 1. The fraction of sp³-hybridized carbons (Fsp3) is 0.706. The number of nitrogens with zero attached hydrogens (tertiary/aromatic N) is 1. The Morgan fingerprint density at radius 2 is 2.05 bits per heavy atom. The van der Waals surface area contributed by atoms with Crippen LogP contribution in [0.2, 0.25) is 0 Å². The molecule has 1 N–H and O–H groups in total. The molecule has 2 fully saturated rings. The van der Waals surface area contributed by atoms with Gasteiger partial charge in [-0.25, -0.2) is 0 Å². The molecule has 0 spiro atoms. The molecule has 2 aliphatic rings. The number of rotatable bonds is 5. The van der Waals surface area contributed by atoms with Gasteiger partial charge < -0.3 is 15.0 Å². The molecule has 0 aliphatic carbocycles. The van der Waals surface area contributed by atoms with Crippen molar-refractivity contribution in [3.8, 4) is 0 Å². The van der Waals surface area contributed by atoms with Crippen molar-refractivity contribution < 1.29 is 9.53 Å². The largest absolute Gasteiger partial charge is 0.381 e. The van der Waals surface area contributed by atoms with Crippen LogP contribution in [0, 0.1) is 12.3 Å². The fourth-order valence-corrected chi connectivity index (χ4v) is 4.31. The van der Waals surface area contributed by atoms with Crippen LogP contribution in [0.1, 0.15) is 40.2 Å². The zero-order chi connectivity index (χ0) is 15.4. The van der Waals surface area contributed by atoms with Crippen LogP contribution >= 0.6 is 11.3 Å². The summed E-state index contributed by atoms with van der Waals surface area (Å²) < 4.78 is 5.55. The minimum atomic E-state index is 0.0744. The normalized spacial score (nSPS) is 21.9. The molecule has 1 amide bonds. The Kier molecular flexibility index (Phi) is 5.16. The highest BCUT2D eigenvalue weighted by Crippen LogP contribution is 2.32. The van der Waals surface area contributed by atoms with Crippen molar-refractivity contribution in [1.29, 1.82) is 0 Å². The Morgan fingerprint density at radius 3 is 2.68 bits per heavy atom. The van der Waals surface area contributed by atoms with Crippen LogP contribution in [0.25, 0.3) is 0 Å². The molecular weight excluding hydrogens is 296 g/mol. The minimum Gasteiger partial charge on any atom is -0.381 e. The van der Waals surface area contributed by atoms with E-state index in [0.717, 1.165) is 44.0 Å². The second kappa shape index (κ2) is 7.11. The number of carbonyl (C=O) groups excluding carboxylic acids is 1. The highest BCUT2D eigenvalue weighted by molar-refractivity contribution is 7.13. The number of thiophene rings is 1. The first-order valence-electron chi connectivity index (χ1n) is 8.32. The first-order valence-corrected chi connectivity index (χ1v) is 9.13. The van der Waals surface area contributed by atoms with E-state index in [9.17, 15) is 4.79 Å². The van der Waals surface area contributed by atoms with Crippen molar-refractivity contribution in [2.24, 2.45) is 5.41 Å². The van der Waals surface area contributed by atoms with Crippen molar-refractivity contribution in [3.63, 3.8) is 0 Å². The fourth-order valence-electron chi connectivity index (χ4n) is 3.52. The lowest BCUT2D eigenvalue weighted by molar-refractivity contribution is -0.000608. The summed E-state index contributed by atoms with van der Waals surface area (Å²) >= 11 is 1.57. The van der Waals surface area contributed by atoms with E-state index in [0.29, 0.717) is 0 Å². The third kappa shape index (κ3) is 3.89. The maximum absolute atomic E-state index is 12.3. The van der Waals surface area contributed by atoms with Gasteiger partial charge in [0.15, 0.2) is 0 Å². The molecule has 0 unspecified atom stereocenters. The molecule has 0 bridgehead atoms. The summed E-state index contributed by atoms with van der Waals surface area (Å²) in [6, 6.07) is 3.93. The van der Waals surface area contributed by atoms with Crippen LogP contribution in [-0.2, 0) is 4.74 Å². The predicted octanol–water partition coefficient (Wildman–Crippen LogP) is 2.68. The van der Waals surface area contributed by atoms with E-state index >= 15 is 0 Å². The lowest BCUT2D eigenvalue weighted by Crippen LogP contribution is -2.47. The van der Waals surface area contributed by atoms with Crippen LogP contribution in [0.3, 0.4) is 0 Å². The monoisotopic (exact) mass is 322 g/mol. The molecule has 1 aromatic heterocycles. The van der Waals surface area contributed by atoms with Gasteiger partial charge in [0.1, 0.15) is 0 Å². The van der Waals surface area contributed by atoms with E-state index < -0.39 is 0 Å². The molecule has 3 rings (SSSR count). The van der Waals surface area contributed by atoms with Crippen molar-refractivity contribution in [1.82, 2.24) is 10.2 Å². The van der Waals surface area contributed by atoms with E-state index in [1.54, 1.807) is 11.3 Å². The summed E-state index contributed by atoms with van der Waals surface area (Å²) in [5.74, 6) is 0.0744. The smallest absolute Gasteiger partial charge is 0.261 e. The summed E-state index contributed by atoms with van der Waals surface area (Å²) in [5.41, 5.74) is 0.185. The number of carbonyl (C=O) groups is 1. The van der Waals surface area contributed by atoms with Crippen molar-refractivity contribution in [2.45, 2.75) is 32.6 Å². The lowest BCUT2D eigenvalue weighted by atomic mass is 9.79. The quantitative estimate of drug-likeness (QED) is 0.906. The SMILES string of the molecule is Cc1ccc(C(=O)NCC2(CN3CCCC3)CCOCC2)s1. The highest BCUT2D eigenvalue weighted by Gasteiger charge is 2.35. The van der Waals surface area contributed by atoms with Gasteiger partial charge >= 0.3 is 0 Å². The van der Waals surface area contributed by atoms with E-state index in [1.807, 2.05) is 19.1 Å². The molecular formula is C17H26N2O2S. The van der Waals surface area contributed by atoms with Gasteiger partial charge in [-0.3, -0.25) is 4.79 Å². The molecule has 2 saturated heterocycles. The van der Waals surface area contributed by atoms with E-state index in [4.69, 9.17) is 4.74 Å². The molecule has 3 heterocycles. The van der Waals surface area contributed by atoms with Gasteiger partial charge in [-0.15, -0.1) is 11.3 Å². The van der Waals surface area contributed by atoms with E-state index in [1.165, 1.54) is 30.8 Å². The molecule has 4 nitrogen and oxygen atoms in total. The molecule has 0 saturated carbocycles. The van der Waals surface area contributed by atoms with E-state index in [-0.39, 0.29) is 11.3 Å². The summed E-state index contributed by atoms with van der Waals surface area (Å²) in [6.07, 6.45) is 4.72. The van der Waals surface area contributed by atoms with Gasteiger partial charge in [0.05, 0.1) is 4.88 Å². The average Bonchev–Trinajstić information content (AvgIpc) is 3.17. The Labute approximate surface area is 136 Å². The molecule has 122 valence electrons. The average molecular weight is 322 g/mol. The Bertz CT molecular complexity index is 503. The maximum Gasteiger partial charge on any atom is 0.261 e. The second-order valence-corrected chi connectivity index (χ2v) is 7.98. The van der Waals surface area contributed by atoms with Crippen LogP contribution < -0.4 is 5.32 Å². The van der Waals surface area contributed by atoms with Gasteiger partial charge in [-0.2, -0.15) is 0 Å². The zero-order valence-corrected chi connectivity index (χ0v) is 14.2. The number of hydrogen-bond acceptors (Lipinski definition) is 4. The number of aryl methyl sites for hydroxylation is 1. The number of likely N-dealkylation sites (tertiary alicyclic amines) is 1. The molecule has 5 heteroatoms. The third-order valence-electron chi connectivity index (χ3n) is 4.90. The van der Waals surface area contributed by atoms with Gasteiger partial charge in [0.25, 0.3) is 5.91 Å². The standard InChI is InChI=1S/C17H26N2O2S/c1-14-4-5-15(22-14)16(20)18-12-17(6-10-21-11-7-17)13-19-8-2-3-9-19/h4-5H,2-3,6-13H2,1H3,(H,18,20). The summed E-state index contributed by atoms with van der Waals surface area (Å²) in [4.78, 5) is 16.9. The van der Waals surface area contributed by atoms with Gasteiger partial charge in [-0.1, -0.05) is 0 Å². The third-order valence-corrected chi connectivity index (χ3v) is 5.90. The van der Waals surface area contributed by atoms with Crippen molar-refractivity contribution in [2.75, 3.05) is 39.4 Å². The first-order chi connectivity index (χ1) is 10.7. The molecule has 0 aromatic carbocycles. The van der Waals surface area contributed by atoms with Gasteiger partial charge in [-0.05, 0) is 57.8 Å². The lowest BCUT2D eigenvalue weighted by Gasteiger charge is -2.40. The van der Waals surface area contributed by atoms with E-state index in [2.05, 4.69) is 10.2 Å². The topological polar surface area (TPSA) is 41.6 Å². The van der Waals surface area contributed by atoms with Crippen LogP contribution in [0.15, 0.2) is 12.1 Å². The first kappa shape index (κ1) is 16.0. The van der Waals surface area contributed by atoms with Crippen molar-refractivity contribution >= 4 is 17.2 Å². The predicted molar refractivity (Wildman–Crippen MR) is 89.5 cm³/mol. The molecule has 1 aromatic rings. The Morgan fingerprint density at radius 1 is 1.32 bits per heavy atom. The molecule has 22 heavy (non-hydrogen) atoms. The second-order valence-electron chi connectivity index (χ2n) is 6.69. The number of ether oxygens (including phenoxy) is 1. The molecule has 0 atom stereocenters. The van der Waals surface area contributed by atoms with Crippen molar-refractivity contribution in [3.05, 3.63) is 21.9 Å². The summed E-state index contributed by atoms with van der Waals surface area (Å²) in [5, 5.41) is 3.19. The van der Waals surface area contributed by atoms with Crippen LogP contribution in [-0.4, -0.2) is 50.2 Å². The Hall–Kier alpha value is -0.910. The number of nitrogens with one attached hydrogen (secondary N) is 1. The molecule has 2 aliphatic heterocycles. The highest BCUT2D eigenvalue weighted by atomic mass is 32.1. The van der Waals surface area contributed by atoms with Crippen LogP contribution in [0.4, 0.5) is 0 Å². The van der Waals surface area contributed by atoms with Gasteiger partial charge in [0.2, 0.25) is 0 Å². The van der Waals surface area contributed by atoms with Crippen LogP contribution in [0.5, 0.6) is 0 Å². The summed E-state index contributed by atoms with van der Waals surface area (Å²) in [6.45, 7) is 7.96. The number of amides is 1. The molecule has 0 radical (unpaired) electrons.